The van der Waals surface area contributed by atoms with Gasteiger partial charge in [0.1, 0.15) is 0 Å². The summed E-state index contributed by atoms with van der Waals surface area (Å²) in [4.78, 5) is 27.4. The van der Waals surface area contributed by atoms with Crippen molar-refractivity contribution < 1.29 is 9.59 Å². The van der Waals surface area contributed by atoms with Crippen LogP contribution in [0.2, 0.25) is 0 Å². The molecule has 130 valence electrons. The van der Waals surface area contributed by atoms with E-state index in [2.05, 4.69) is 5.92 Å². The maximum Gasteiger partial charge on any atom is 0.296 e. The highest BCUT2D eigenvalue weighted by Gasteiger charge is 2.28. The predicted octanol–water partition coefficient (Wildman–Crippen LogP) is 3.33. The molecule has 1 aromatic heterocycles. The SMILES string of the molecule is C#CCN(Cc1ccccc1)C(=O)C(=O)c1c(C)n(C)c2ccccc12. The van der Waals surface area contributed by atoms with Gasteiger partial charge in [-0.3, -0.25) is 9.59 Å². The first-order valence-electron chi connectivity index (χ1n) is 8.39. The second-order valence-corrected chi connectivity index (χ2v) is 6.22. The number of Topliss-reactive ketones (excluding diaryl/α,β-unsaturated/α-hetero) is 1. The smallest absolute Gasteiger partial charge is 0.296 e. The third-order valence-corrected chi connectivity index (χ3v) is 4.61. The van der Waals surface area contributed by atoms with Crippen molar-refractivity contribution in [1.29, 1.82) is 0 Å². The van der Waals surface area contributed by atoms with Crippen LogP contribution in [0.5, 0.6) is 0 Å². The van der Waals surface area contributed by atoms with Crippen LogP contribution >= 0.6 is 0 Å². The van der Waals surface area contributed by atoms with Crippen molar-refractivity contribution in [2.24, 2.45) is 7.05 Å². The lowest BCUT2D eigenvalue weighted by Gasteiger charge is -2.19. The summed E-state index contributed by atoms with van der Waals surface area (Å²) in [5, 5.41) is 0.784. The van der Waals surface area contributed by atoms with E-state index >= 15 is 0 Å². The number of ketones is 1. The normalized spacial score (nSPS) is 10.5. The molecule has 0 N–H and O–H groups in total. The second kappa shape index (κ2) is 7.28. The quantitative estimate of drug-likeness (QED) is 0.405. The summed E-state index contributed by atoms with van der Waals surface area (Å²) >= 11 is 0. The molecule has 0 aliphatic carbocycles. The Hall–Kier alpha value is -3.32. The van der Waals surface area contributed by atoms with Gasteiger partial charge in [-0.15, -0.1) is 6.42 Å². The third-order valence-electron chi connectivity index (χ3n) is 4.61. The number of hydrogen-bond donors (Lipinski definition) is 0. The number of hydrogen-bond acceptors (Lipinski definition) is 2. The molecule has 0 spiro atoms. The summed E-state index contributed by atoms with van der Waals surface area (Å²) in [6.45, 7) is 2.24. The van der Waals surface area contributed by atoms with Crippen molar-refractivity contribution in [1.82, 2.24) is 9.47 Å². The number of rotatable bonds is 5. The fraction of sp³-hybridized carbons (Fsp3) is 0.182. The van der Waals surface area contributed by atoms with Crippen molar-refractivity contribution in [2.45, 2.75) is 13.5 Å². The first kappa shape index (κ1) is 17.5. The van der Waals surface area contributed by atoms with Crippen LogP contribution < -0.4 is 0 Å². The van der Waals surface area contributed by atoms with Crippen molar-refractivity contribution in [3.8, 4) is 12.3 Å². The Bertz CT molecular complexity index is 1010. The van der Waals surface area contributed by atoms with E-state index in [0.29, 0.717) is 12.1 Å². The molecule has 0 bridgehead atoms. The molecule has 0 aliphatic heterocycles. The highest BCUT2D eigenvalue weighted by atomic mass is 16.2. The van der Waals surface area contributed by atoms with E-state index in [0.717, 1.165) is 22.2 Å². The van der Waals surface area contributed by atoms with Crippen molar-refractivity contribution >= 4 is 22.6 Å². The van der Waals surface area contributed by atoms with Crippen molar-refractivity contribution in [3.05, 3.63) is 71.4 Å². The molecular formula is C22H20N2O2. The molecule has 3 rings (SSSR count). The van der Waals surface area contributed by atoms with Gasteiger partial charge in [-0.05, 0) is 18.6 Å². The standard InChI is InChI=1S/C22H20N2O2/c1-4-14-24(15-17-10-6-5-7-11-17)22(26)21(25)20-16(2)23(3)19-13-9-8-12-18(19)20/h1,5-13H,14-15H2,2-3H3. The van der Waals surface area contributed by atoms with E-state index < -0.39 is 11.7 Å². The van der Waals surface area contributed by atoms with Crippen molar-refractivity contribution in [2.75, 3.05) is 6.54 Å². The summed E-state index contributed by atoms with van der Waals surface area (Å²) in [7, 11) is 1.89. The van der Waals surface area contributed by atoms with Crippen LogP contribution in [0.1, 0.15) is 21.6 Å². The Balaban J connectivity index is 1.97. The summed E-state index contributed by atoms with van der Waals surface area (Å²) in [5.41, 5.74) is 3.07. The molecule has 0 saturated heterocycles. The maximum absolute atomic E-state index is 13.0. The number of para-hydroxylation sites is 1. The molecule has 0 fully saturated rings. The average Bonchev–Trinajstić information content (AvgIpc) is 2.92. The Kier molecular flexibility index (Phi) is 4.90. The molecule has 0 unspecified atom stereocenters. The summed E-state index contributed by atoms with van der Waals surface area (Å²) < 4.78 is 1.93. The van der Waals surface area contributed by atoms with Gasteiger partial charge in [0, 0.05) is 30.2 Å². The number of carbonyl (C=O) groups excluding carboxylic acids is 2. The zero-order valence-electron chi connectivity index (χ0n) is 14.9. The number of carbonyl (C=O) groups is 2. The van der Waals surface area contributed by atoms with E-state index in [4.69, 9.17) is 6.42 Å². The highest BCUT2D eigenvalue weighted by Crippen LogP contribution is 2.25. The largest absolute Gasteiger partial charge is 0.347 e. The zero-order valence-corrected chi connectivity index (χ0v) is 14.9. The minimum absolute atomic E-state index is 0.0866. The number of aromatic nitrogens is 1. The van der Waals surface area contributed by atoms with Gasteiger partial charge in [0.2, 0.25) is 0 Å². The van der Waals surface area contributed by atoms with Gasteiger partial charge in [-0.2, -0.15) is 0 Å². The third kappa shape index (κ3) is 3.12. The number of aryl methyl sites for hydroxylation is 1. The molecule has 0 aliphatic rings. The topological polar surface area (TPSA) is 42.3 Å². The molecule has 0 atom stereocenters. The van der Waals surface area contributed by atoms with Gasteiger partial charge in [-0.25, -0.2) is 0 Å². The molecule has 4 nitrogen and oxygen atoms in total. The van der Waals surface area contributed by atoms with E-state index in [1.807, 2.05) is 73.1 Å². The molecule has 3 aromatic rings. The maximum atomic E-state index is 13.0. The lowest BCUT2D eigenvalue weighted by atomic mass is 10.1. The summed E-state index contributed by atoms with van der Waals surface area (Å²) in [6.07, 6.45) is 5.42. The highest BCUT2D eigenvalue weighted by molar-refractivity contribution is 6.45. The Labute approximate surface area is 153 Å². The lowest BCUT2D eigenvalue weighted by molar-refractivity contribution is -0.126. The second-order valence-electron chi connectivity index (χ2n) is 6.22. The molecule has 0 radical (unpaired) electrons. The van der Waals surface area contributed by atoms with Gasteiger partial charge >= 0.3 is 0 Å². The van der Waals surface area contributed by atoms with Crippen molar-refractivity contribution in [3.63, 3.8) is 0 Å². The van der Waals surface area contributed by atoms with E-state index in [-0.39, 0.29) is 6.54 Å². The fourth-order valence-corrected chi connectivity index (χ4v) is 3.17. The molecule has 2 aromatic carbocycles. The molecule has 26 heavy (non-hydrogen) atoms. The molecule has 1 amide bonds. The van der Waals surface area contributed by atoms with Gasteiger partial charge in [0.15, 0.2) is 0 Å². The zero-order chi connectivity index (χ0) is 18.7. The van der Waals surface area contributed by atoms with Crippen LogP contribution in [0.25, 0.3) is 10.9 Å². The first-order chi connectivity index (χ1) is 12.5. The number of amides is 1. The number of nitrogens with zero attached hydrogens (tertiary/aromatic N) is 2. The van der Waals surface area contributed by atoms with Gasteiger partial charge in [0.05, 0.1) is 12.1 Å². The Morgan fingerprint density at radius 3 is 2.42 bits per heavy atom. The van der Waals surface area contributed by atoms with Crippen LogP contribution in [0.3, 0.4) is 0 Å². The van der Waals surface area contributed by atoms with Crippen LogP contribution in [0.15, 0.2) is 54.6 Å². The summed E-state index contributed by atoms with van der Waals surface area (Å²) in [6, 6.07) is 17.1. The first-order valence-corrected chi connectivity index (χ1v) is 8.39. The number of fused-ring (bicyclic) bond motifs is 1. The van der Waals surface area contributed by atoms with E-state index in [9.17, 15) is 9.59 Å². The molecule has 4 heteroatoms. The Morgan fingerprint density at radius 1 is 1.08 bits per heavy atom. The molecule has 1 heterocycles. The van der Waals surface area contributed by atoms with Gasteiger partial charge in [-0.1, -0.05) is 54.5 Å². The van der Waals surface area contributed by atoms with Gasteiger partial charge < -0.3 is 9.47 Å². The van der Waals surface area contributed by atoms with Crippen LogP contribution in [0, 0.1) is 19.3 Å². The summed E-state index contributed by atoms with van der Waals surface area (Å²) in [5.74, 6) is 1.38. The van der Waals surface area contributed by atoms with E-state index in [1.165, 1.54) is 4.90 Å². The Morgan fingerprint density at radius 2 is 1.73 bits per heavy atom. The molecule has 0 saturated carbocycles. The van der Waals surface area contributed by atoms with Crippen LogP contribution in [-0.4, -0.2) is 27.7 Å². The van der Waals surface area contributed by atoms with Crippen LogP contribution in [0.4, 0.5) is 0 Å². The predicted molar refractivity (Wildman–Crippen MR) is 103 cm³/mol. The lowest BCUT2D eigenvalue weighted by Crippen LogP contribution is -2.36. The number of terminal acetylenes is 1. The fourth-order valence-electron chi connectivity index (χ4n) is 3.17. The minimum Gasteiger partial charge on any atom is -0.347 e. The van der Waals surface area contributed by atoms with Gasteiger partial charge in [0.25, 0.3) is 11.7 Å². The van der Waals surface area contributed by atoms with E-state index in [1.54, 1.807) is 0 Å². The van der Waals surface area contributed by atoms with Crippen LogP contribution in [-0.2, 0) is 18.4 Å². The molecular weight excluding hydrogens is 324 g/mol. The number of benzene rings is 2. The monoisotopic (exact) mass is 344 g/mol. The minimum atomic E-state index is -0.578. The average molecular weight is 344 g/mol.